The first-order chi connectivity index (χ1) is 8.79. The Morgan fingerprint density at radius 1 is 1.44 bits per heavy atom. The number of aromatic nitrogens is 3. The van der Waals surface area contributed by atoms with E-state index in [1.165, 1.54) is 18.0 Å². The highest BCUT2D eigenvalue weighted by atomic mass is 32.2. The predicted molar refractivity (Wildman–Crippen MR) is 67.9 cm³/mol. The molecule has 0 unspecified atom stereocenters. The van der Waals surface area contributed by atoms with Gasteiger partial charge >= 0.3 is 0 Å². The number of unbranched alkanes of at least 4 members (excludes halogenated alkanes) is 1. The van der Waals surface area contributed by atoms with Gasteiger partial charge in [0, 0.05) is 18.6 Å². The van der Waals surface area contributed by atoms with Gasteiger partial charge in [-0.3, -0.25) is 0 Å². The molecule has 0 N–H and O–H groups in total. The van der Waals surface area contributed by atoms with Crippen LogP contribution in [0, 0.1) is 5.21 Å². The van der Waals surface area contributed by atoms with Crippen LogP contribution < -0.4 is 4.73 Å². The molecule has 0 spiro atoms. The third-order valence-electron chi connectivity index (χ3n) is 2.39. The van der Waals surface area contributed by atoms with Crippen LogP contribution in [0.2, 0.25) is 0 Å². The quantitative estimate of drug-likeness (QED) is 0.455. The summed E-state index contributed by atoms with van der Waals surface area (Å²) in [6, 6.07) is 5.31. The summed E-state index contributed by atoms with van der Waals surface area (Å²) < 4.78 is 5.96. The minimum atomic E-state index is 0.544. The molecule has 6 heteroatoms. The Bertz CT molecular complexity index is 502. The van der Waals surface area contributed by atoms with Crippen molar-refractivity contribution in [3.05, 3.63) is 41.3 Å². The number of thioether (sulfide) groups is 1. The molecule has 0 atom stereocenters. The van der Waals surface area contributed by atoms with E-state index in [0.29, 0.717) is 22.5 Å². The highest BCUT2D eigenvalue weighted by molar-refractivity contribution is 7.98. The molecule has 2 aromatic rings. The Hall–Kier alpha value is -1.56. The van der Waals surface area contributed by atoms with Crippen LogP contribution in [-0.2, 0) is 12.2 Å². The van der Waals surface area contributed by atoms with E-state index in [1.807, 2.05) is 6.07 Å². The lowest BCUT2D eigenvalue weighted by Gasteiger charge is -2.00. The monoisotopic (exact) mass is 265 g/mol. The van der Waals surface area contributed by atoms with Crippen molar-refractivity contribution in [1.29, 1.82) is 0 Å². The summed E-state index contributed by atoms with van der Waals surface area (Å²) in [5.74, 6) is 1.85. The van der Waals surface area contributed by atoms with Crippen LogP contribution in [0.15, 0.2) is 33.9 Å². The summed E-state index contributed by atoms with van der Waals surface area (Å²) in [6.45, 7) is 2.12. The Morgan fingerprint density at radius 3 is 3.11 bits per heavy atom. The molecule has 0 bridgehead atoms. The van der Waals surface area contributed by atoms with Crippen LogP contribution in [0.4, 0.5) is 0 Å². The first-order valence-corrected chi connectivity index (χ1v) is 6.90. The fraction of sp³-hybridized carbons (Fsp3) is 0.417. The van der Waals surface area contributed by atoms with Crippen molar-refractivity contribution in [2.75, 3.05) is 0 Å². The number of pyridine rings is 1. The standard InChI is InChI=1S/C12H15N3O2S/c1-2-3-6-11-13-10(14-17-11)9-18-12-7-4-5-8-15(12)16/h4-5,7-8H,2-3,6,9H2,1H3. The van der Waals surface area contributed by atoms with E-state index in [-0.39, 0.29) is 0 Å². The third kappa shape index (κ3) is 3.46. The minimum Gasteiger partial charge on any atom is -0.618 e. The van der Waals surface area contributed by atoms with Gasteiger partial charge in [0.25, 0.3) is 5.03 Å². The summed E-state index contributed by atoms with van der Waals surface area (Å²) in [5, 5.41) is 16.0. The molecule has 0 aliphatic rings. The molecule has 2 rings (SSSR count). The maximum atomic E-state index is 11.4. The van der Waals surface area contributed by atoms with Gasteiger partial charge in [0.15, 0.2) is 12.0 Å². The van der Waals surface area contributed by atoms with E-state index in [4.69, 9.17) is 4.52 Å². The zero-order valence-electron chi connectivity index (χ0n) is 10.2. The van der Waals surface area contributed by atoms with Crippen LogP contribution in [0.3, 0.4) is 0 Å². The lowest BCUT2D eigenvalue weighted by Crippen LogP contribution is -2.27. The van der Waals surface area contributed by atoms with Crippen LogP contribution in [0.25, 0.3) is 0 Å². The fourth-order valence-corrected chi connectivity index (χ4v) is 2.20. The molecule has 0 fully saturated rings. The smallest absolute Gasteiger partial charge is 0.251 e. The summed E-state index contributed by atoms with van der Waals surface area (Å²) in [7, 11) is 0. The number of hydrogen-bond donors (Lipinski definition) is 0. The van der Waals surface area contributed by atoms with Crippen LogP contribution in [0.5, 0.6) is 0 Å². The second-order valence-corrected chi connectivity index (χ2v) is 4.86. The highest BCUT2D eigenvalue weighted by Crippen LogP contribution is 2.17. The van der Waals surface area contributed by atoms with E-state index in [1.54, 1.807) is 12.1 Å². The van der Waals surface area contributed by atoms with Gasteiger partial charge in [-0.2, -0.15) is 9.71 Å². The predicted octanol–water partition coefficient (Wildman–Crippen LogP) is 2.34. The van der Waals surface area contributed by atoms with Crippen molar-refractivity contribution in [3.8, 4) is 0 Å². The Balaban J connectivity index is 1.90. The highest BCUT2D eigenvalue weighted by Gasteiger charge is 2.09. The van der Waals surface area contributed by atoms with Gasteiger partial charge in [-0.25, -0.2) is 0 Å². The van der Waals surface area contributed by atoms with E-state index in [0.717, 1.165) is 24.0 Å². The lowest BCUT2D eigenvalue weighted by molar-refractivity contribution is -0.645. The fourth-order valence-electron chi connectivity index (χ4n) is 1.44. The second-order valence-electron chi connectivity index (χ2n) is 3.86. The van der Waals surface area contributed by atoms with Crippen molar-refractivity contribution >= 4 is 11.8 Å². The van der Waals surface area contributed by atoms with Gasteiger partial charge in [-0.05, 0) is 24.2 Å². The average Bonchev–Trinajstić information content (AvgIpc) is 2.83. The molecule has 96 valence electrons. The van der Waals surface area contributed by atoms with E-state index < -0.39 is 0 Å². The van der Waals surface area contributed by atoms with Gasteiger partial charge in [0.05, 0.1) is 5.75 Å². The average molecular weight is 265 g/mol. The first-order valence-electron chi connectivity index (χ1n) is 5.92. The molecule has 0 amide bonds. The molecule has 5 nitrogen and oxygen atoms in total. The van der Waals surface area contributed by atoms with E-state index in [9.17, 15) is 5.21 Å². The van der Waals surface area contributed by atoms with Gasteiger partial charge in [0.2, 0.25) is 5.89 Å². The number of aryl methyl sites for hydroxylation is 1. The van der Waals surface area contributed by atoms with Gasteiger partial charge in [0.1, 0.15) is 0 Å². The lowest BCUT2D eigenvalue weighted by atomic mass is 10.2. The van der Waals surface area contributed by atoms with Crippen molar-refractivity contribution in [3.63, 3.8) is 0 Å². The van der Waals surface area contributed by atoms with Crippen LogP contribution in [-0.4, -0.2) is 10.1 Å². The number of hydrogen-bond acceptors (Lipinski definition) is 5. The maximum absolute atomic E-state index is 11.4. The van der Waals surface area contributed by atoms with Crippen molar-refractivity contribution in [2.24, 2.45) is 0 Å². The SMILES string of the molecule is CCCCc1nc(CSc2cccc[n+]2[O-])no1. The first kappa shape index (κ1) is 12.9. The van der Waals surface area contributed by atoms with Gasteiger partial charge in [-0.15, -0.1) is 0 Å². The Labute approximate surface area is 110 Å². The molecular weight excluding hydrogens is 250 g/mol. The largest absolute Gasteiger partial charge is 0.618 e. The second kappa shape index (κ2) is 6.39. The molecule has 2 aromatic heterocycles. The molecule has 0 aliphatic carbocycles. The zero-order valence-corrected chi connectivity index (χ0v) is 11.0. The topological polar surface area (TPSA) is 65.9 Å². The van der Waals surface area contributed by atoms with Crippen molar-refractivity contribution in [2.45, 2.75) is 37.0 Å². The van der Waals surface area contributed by atoms with Gasteiger partial charge < -0.3 is 9.73 Å². The maximum Gasteiger partial charge on any atom is 0.251 e. The van der Waals surface area contributed by atoms with E-state index in [2.05, 4.69) is 17.1 Å². The Morgan fingerprint density at radius 2 is 2.33 bits per heavy atom. The normalized spacial score (nSPS) is 10.7. The van der Waals surface area contributed by atoms with Crippen molar-refractivity contribution < 1.29 is 9.25 Å². The van der Waals surface area contributed by atoms with Crippen molar-refractivity contribution in [1.82, 2.24) is 10.1 Å². The minimum absolute atomic E-state index is 0.544. The molecule has 0 radical (unpaired) electrons. The molecule has 18 heavy (non-hydrogen) atoms. The number of nitrogens with zero attached hydrogens (tertiary/aromatic N) is 3. The zero-order chi connectivity index (χ0) is 12.8. The van der Waals surface area contributed by atoms with Gasteiger partial charge in [-0.1, -0.05) is 18.5 Å². The molecular formula is C12H15N3O2S. The summed E-state index contributed by atoms with van der Waals surface area (Å²) in [6.07, 6.45) is 4.45. The summed E-state index contributed by atoms with van der Waals surface area (Å²) in [5.41, 5.74) is 0. The van der Waals surface area contributed by atoms with Crippen LogP contribution >= 0.6 is 11.8 Å². The molecule has 0 saturated carbocycles. The van der Waals surface area contributed by atoms with E-state index >= 15 is 0 Å². The number of rotatable bonds is 6. The van der Waals surface area contributed by atoms with Crippen LogP contribution in [0.1, 0.15) is 31.5 Å². The third-order valence-corrected chi connectivity index (χ3v) is 3.41. The molecule has 2 heterocycles. The molecule has 0 saturated heterocycles. The molecule has 0 aliphatic heterocycles. The Kier molecular flexibility index (Phi) is 4.58. The summed E-state index contributed by atoms with van der Waals surface area (Å²) in [4.78, 5) is 4.28. The molecule has 0 aromatic carbocycles. The summed E-state index contributed by atoms with van der Waals surface area (Å²) >= 11 is 1.40.